The molecular formula is C20H22N4O3S. The van der Waals surface area contributed by atoms with Gasteiger partial charge in [0.15, 0.2) is 5.11 Å². The lowest BCUT2D eigenvalue weighted by Gasteiger charge is -2.11. The monoisotopic (exact) mass is 398 g/mol. The van der Waals surface area contributed by atoms with Crippen LogP contribution >= 0.6 is 12.2 Å². The minimum atomic E-state index is -0.408. The molecule has 0 atom stereocenters. The second-order valence-electron chi connectivity index (χ2n) is 5.98. The summed E-state index contributed by atoms with van der Waals surface area (Å²) in [6.45, 7) is 0.414. The number of carbonyl (C=O) groups excluding carboxylic acids is 3. The summed E-state index contributed by atoms with van der Waals surface area (Å²) < 4.78 is 0. The normalized spacial score (nSPS) is 9.86. The zero-order valence-electron chi connectivity index (χ0n) is 15.2. The molecule has 3 amide bonds. The predicted molar refractivity (Wildman–Crippen MR) is 110 cm³/mol. The molecule has 0 unspecified atom stereocenters. The Morgan fingerprint density at radius 3 is 1.93 bits per heavy atom. The highest BCUT2D eigenvalue weighted by molar-refractivity contribution is 7.80. The van der Waals surface area contributed by atoms with Crippen LogP contribution in [-0.4, -0.2) is 22.8 Å². The van der Waals surface area contributed by atoms with E-state index in [1.165, 1.54) is 0 Å². The molecule has 2 aromatic rings. The number of hydrogen-bond donors (Lipinski definition) is 4. The van der Waals surface area contributed by atoms with Crippen molar-refractivity contribution in [1.82, 2.24) is 21.5 Å². The highest BCUT2D eigenvalue weighted by Gasteiger charge is 2.09. The Balaban J connectivity index is 1.59. The SMILES string of the molecule is O=C(CCC(=O)NNC(=S)NC(=O)Cc1ccccc1)NCc1ccccc1. The molecule has 0 heterocycles. The van der Waals surface area contributed by atoms with E-state index in [-0.39, 0.29) is 36.2 Å². The number of nitrogens with one attached hydrogen (secondary N) is 4. The fraction of sp³-hybridized carbons (Fsp3) is 0.200. The molecule has 0 spiro atoms. The fourth-order valence-corrected chi connectivity index (χ4v) is 2.45. The van der Waals surface area contributed by atoms with Gasteiger partial charge in [-0.25, -0.2) is 0 Å². The minimum Gasteiger partial charge on any atom is -0.352 e. The van der Waals surface area contributed by atoms with Gasteiger partial charge in [-0.2, -0.15) is 0 Å². The van der Waals surface area contributed by atoms with Gasteiger partial charge in [-0.15, -0.1) is 0 Å². The maximum atomic E-state index is 11.9. The van der Waals surface area contributed by atoms with Crippen LogP contribution in [0.1, 0.15) is 24.0 Å². The van der Waals surface area contributed by atoms with E-state index in [2.05, 4.69) is 21.5 Å². The van der Waals surface area contributed by atoms with Crippen molar-refractivity contribution in [2.24, 2.45) is 0 Å². The zero-order valence-corrected chi connectivity index (χ0v) is 16.1. The first-order chi connectivity index (χ1) is 13.5. The third kappa shape index (κ3) is 8.41. The van der Waals surface area contributed by atoms with Crippen LogP contribution in [-0.2, 0) is 27.3 Å². The second-order valence-corrected chi connectivity index (χ2v) is 6.38. The first kappa shape index (κ1) is 21.0. The molecule has 0 aliphatic carbocycles. The lowest BCUT2D eigenvalue weighted by atomic mass is 10.1. The quantitative estimate of drug-likeness (QED) is 0.417. The molecule has 0 aromatic heterocycles. The molecule has 0 fully saturated rings. The van der Waals surface area contributed by atoms with Crippen molar-refractivity contribution in [3.8, 4) is 0 Å². The van der Waals surface area contributed by atoms with Gasteiger partial charge >= 0.3 is 0 Å². The van der Waals surface area contributed by atoms with Crippen LogP contribution < -0.4 is 21.5 Å². The summed E-state index contributed by atoms with van der Waals surface area (Å²) >= 11 is 4.96. The molecule has 0 bridgehead atoms. The van der Waals surface area contributed by atoms with Gasteiger partial charge in [0.05, 0.1) is 6.42 Å². The minimum absolute atomic E-state index is 0.00576. The molecule has 0 saturated heterocycles. The van der Waals surface area contributed by atoms with Crippen molar-refractivity contribution in [2.75, 3.05) is 0 Å². The van der Waals surface area contributed by atoms with Gasteiger partial charge in [0, 0.05) is 19.4 Å². The highest BCUT2D eigenvalue weighted by Crippen LogP contribution is 1.99. The average molecular weight is 398 g/mol. The average Bonchev–Trinajstić information content (AvgIpc) is 2.70. The number of benzene rings is 2. The first-order valence-corrected chi connectivity index (χ1v) is 9.17. The summed E-state index contributed by atoms with van der Waals surface area (Å²) in [5.74, 6) is -0.925. The molecule has 0 aliphatic heterocycles. The lowest BCUT2D eigenvalue weighted by Crippen LogP contribution is -2.48. The lowest BCUT2D eigenvalue weighted by molar-refractivity contribution is -0.126. The molecule has 146 valence electrons. The summed E-state index contributed by atoms with van der Waals surface area (Å²) in [7, 11) is 0. The van der Waals surface area contributed by atoms with Crippen LogP contribution in [0.25, 0.3) is 0 Å². The molecule has 7 nitrogen and oxygen atoms in total. The van der Waals surface area contributed by atoms with E-state index in [4.69, 9.17) is 12.2 Å². The van der Waals surface area contributed by atoms with Crippen molar-refractivity contribution >= 4 is 35.1 Å². The molecule has 28 heavy (non-hydrogen) atoms. The van der Waals surface area contributed by atoms with Gasteiger partial charge in [-0.3, -0.25) is 25.2 Å². The summed E-state index contributed by atoms with van der Waals surface area (Å²) in [6.07, 6.45) is 0.222. The summed E-state index contributed by atoms with van der Waals surface area (Å²) in [4.78, 5) is 35.4. The van der Waals surface area contributed by atoms with Gasteiger partial charge in [-0.1, -0.05) is 60.7 Å². The Morgan fingerprint density at radius 1 is 0.714 bits per heavy atom. The van der Waals surface area contributed by atoms with Crippen molar-refractivity contribution in [2.45, 2.75) is 25.8 Å². The highest BCUT2D eigenvalue weighted by atomic mass is 32.1. The third-order valence-corrected chi connectivity index (χ3v) is 3.89. The Labute approximate surface area is 168 Å². The Bertz CT molecular complexity index is 813. The molecule has 4 N–H and O–H groups in total. The van der Waals surface area contributed by atoms with Gasteiger partial charge in [-0.05, 0) is 23.3 Å². The number of rotatable bonds is 7. The number of amides is 3. The van der Waals surface area contributed by atoms with E-state index in [0.717, 1.165) is 11.1 Å². The topological polar surface area (TPSA) is 99.3 Å². The van der Waals surface area contributed by atoms with Crippen LogP contribution in [0, 0.1) is 0 Å². The van der Waals surface area contributed by atoms with Crippen molar-refractivity contribution in [3.63, 3.8) is 0 Å². The number of thiocarbonyl (C=S) groups is 1. The molecule has 2 rings (SSSR count). The van der Waals surface area contributed by atoms with Gasteiger partial charge < -0.3 is 10.6 Å². The second kappa shape index (κ2) is 11.5. The Kier molecular flexibility index (Phi) is 8.61. The van der Waals surface area contributed by atoms with Crippen LogP contribution in [0.2, 0.25) is 0 Å². The maximum absolute atomic E-state index is 11.9. The predicted octanol–water partition coefficient (Wildman–Crippen LogP) is 1.35. The van der Waals surface area contributed by atoms with Crippen LogP contribution in [0.3, 0.4) is 0 Å². The maximum Gasteiger partial charge on any atom is 0.238 e. The van der Waals surface area contributed by atoms with Crippen LogP contribution in [0.5, 0.6) is 0 Å². The van der Waals surface area contributed by atoms with E-state index >= 15 is 0 Å². The standard InChI is InChI=1S/C20H22N4O3S/c25-17(21-14-16-9-5-2-6-10-16)11-12-18(26)23-24-20(28)22-19(27)13-15-7-3-1-4-8-15/h1-10H,11-14H2,(H,21,25)(H,23,26)(H2,22,24,27,28). The van der Waals surface area contributed by atoms with Crippen molar-refractivity contribution < 1.29 is 14.4 Å². The largest absolute Gasteiger partial charge is 0.352 e. The molecule has 0 saturated carbocycles. The number of hydrazine groups is 1. The number of hydrogen-bond acceptors (Lipinski definition) is 4. The van der Waals surface area contributed by atoms with E-state index in [1.807, 2.05) is 60.7 Å². The smallest absolute Gasteiger partial charge is 0.238 e. The molecular weight excluding hydrogens is 376 g/mol. The van der Waals surface area contributed by atoms with Gasteiger partial charge in [0.1, 0.15) is 0 Å². The van der Waals surface area contributed by atoms with E-state index in [9.17, 15) is 14.4 Å². The van der Waals surface area contributed by atoms with E-state index < -0.39 is 5.91 Å². The van der Waals surface area contributed by atoms with E-state index in [0.29, 0.717) is 6.54 Å². The van der Waals surface area contributed by atoms with Crippen LogP contribution in [0.15, 0.2) is 60.7 Å². The van der Waals surface area contributed by atoms with Gasteiger partial charge in [0.2, 0.25) is 17.7 Å². The zero-order chi connectivity index (χ0) is 20.2. The van der Waals surface area contributed by atoms with Crippen molar-refractivity contribution in [1.29, 1.82) is 0 Å². The third-order valence-electron chi connectivity index (χ3n) is 3.69. The fourth-order valence-electron chi connectivity index (χ4n) is 2.28. The summed E-state index contributed by atoms with van der Waals surface area (Å²) in [5, 5.41) is 5.21. The molecule has 0 radical (unpaired) electrons. The Morgan fingerprint density at radius 2 is 1.29 bits per heavy atom. The Hall–Kier alpha value is -3.26. The molecule has 8 heteroatoms. The van der Waals surface area contributed by atoms with Crippen molar-refractivity contribution in [3.05, 3.63) is 71.8 Å². The van der Waals surface area contributed by atoms with Crippen LogP contribution in [0.4, 0.5) is 0 Å². The molecule has 0 aliphatic rings. The van der Waals surface area contributed by atoms with Gasteiger partial charge in [0.25, 0.3) is 0 Å². The summed E-state index contributed by atoms with van der Waals surface area (Å²) in [6, 6.07) is 18.7. The van der Waals surface area contributed by atoms with E-state index in [1.54, 1.807) is 0 Å². The first-order valence-electron chi connectivity index (χ1n) is 8.76. The summed E-state index contributed by atoms with van der Waals surface area (Å²) in [5.41, 5.74) is 6.64. The number of carbonyl (C=O) groups is 3. The molecule has 2 aromatic carbocycles.